The molecule has 0 bridgehead atoms. The van der Waals surface area contributed by atoms with Gasteiger partial charge in [-0.1, -0.05) is 13.8 Å². The van der Waals surface area contributed by atoms with Crippen LogP contribution in [0.2, 0.25) is 0 Å². The molecule has 90 valence electrons. The molecule has 0 aliphatic carbocycles. The van der Waals surface area contributed by atoms with E-state index in [4.69, 9.17) is 0 Å². The number of piperazine rings is 1. The Kier molecular flexibility index (Phi) is 5.58. The van der Waals surface area contributed by atoms with Gasteiger partial charge in [-0.05, 0) is 26.9 Å². The first-order valence-corrected chi connectivity index (χ1v) is 6.36. The topological polar surface area (TPSA) is 18.5 Å². The summed E-state index contributed by atoms with van der Waals surface area (Å²) in [6.07, 6.45) is 1.21. The van der Waals surface area contributed by atoms with Gasteiger partial charge in [-0.25, -0.2) is 0 Å². The first kappa shape index (κ1) is 12.9. The summed E-state index contributed by atoms with van der Waals surface area (Å²) in [7, 11) is 2.08. The Balaban J connectivity index is 2.38. The summed E-state index contributed by atoms with van der Waals surface area (Å²) in [4.78, 5) is 5.15. The van der Waals surface area contributed by atoms with Crippen molar-refractivity contribution in [3.05, 3.63) is 0 Å². The lowest BCUT2D eigenvalue weighted by Gasteiger charge is -2.40. The molecule has 2 atom stereocenters. The van der Waals surface area contributed by atoms with Crippen LogP contribution >= 0.6 is 0 Å². The Bertz CT molecular complexity index is 160. The van der Waals surface area contributed by atoms with Gasteiger partial charge >= 0.3 is 0 Å². The van der Waals surface area contributed by atoms with Gasteiger partial charge in [-0.2, -0.15) is 0 Å². The highest BCUT2D eigenvalue weighted by Crippen LogP contribution is 2.10. The lowest BCUT2D eigenvalue weighted by molar-refractivity contribution is 0.0891. The maximum absolute atomic E-state index is 3.42. The van der Waals surface area contributed by atoms with Gasteiger partial charge in [-0.15, -0.1) is 0 Å². The lowest BCUT2D eigenvalue weighted by Crippen LogP contribution is -2.54. The summed E-state index contributed by atoms with van der Waals surface area (Å²) in [5, 5.41) is 3.42. The smallest absolute Gasteiger partial charge is 0.0221 e. The molecule has 1 rings (SSSR count). The van der Waals surface area contributed by atoms with E-state index in [-0.39, 0.29) is 0 Å². The molecule has 0 saturated carbocycles. The molecule has 0 spiro atoms. The minimum atomic E-state index is 0.637. The molecule has 1 aliphatic heterocycles. The summed E-state index contributed by atoms with van der Waals surface area (Å²) in [5.41, 5.74) is 0. The van der Waals surface area contributed by atoms with Crippen molar-refractivity contribution in [2.75, 3.05) is 39.8 Å². The molecule has 0 radical (unpaired) electrons. The van der Waals surface area contributed by atoms with Crippen molar-refractivity contribution < 1.29 is 0 Å². The second-order valence-corrected chi connectivity index (χ2v) is 4.51. The number of rotatable bonds is 5. The van der Waals surface area contributed by atoms with Gasteiger partial charge < -0.3 is 10.2 Å². The third-order valence-corrected chi connectivity index (χ3v) is 3.82. The molecule has 1 heterocycles. The van der Waals surface area contributed by atoms with Crippen LogP contribution in [0.3, 0.4) is 0 Å². The number of nitrogens with one attached hydrogen (secondary N) is 1. The van der Waals surface area contributed by atoms with Crippen molar-refractivity contribution in [1.82, 2.24) is 15.1 Å². The lowest BCUT2D eigenvalue weighted by atomic mass is 10.1. The van der Waals surface area contributed by atoms with E-state index in [0.717, 1.165) is 0 Å². The summed E-state index contributed by atoms with van der Waals surface area (Å²) in [5.74, 6) is 0. The zero-order valence-electron chi connectivity index (χ0n) is 10.8. The quantitative estimate of drug-likeness (QED) is 0.735. The predicted octanol–water partition coefficient (Wildman–Crippen LogP) is 1.01. The van der Waals surface area contributed by atoms with E-state index in [2.05, 4.69) is 42.9 Å². The van der Waals surface area contributed by atoms with E-state index in [1.807, 2.05) is 0 Å². The largest absolute Gasteiger partial charge is 0.315 e. The minimum Gasteiger partial charge on any atom is -0.315 e. The van der Waals surface area contributed by atoms with Gasteiger partial charge in [0.1, 0.15) is 0 Å². The van der Waals surface area contributed by atoms with Gasteiger partial charge in [0.05, 0.1) is 0 Å². The molecule has 15 heavy (non-hydrogen) atoms. The highest BCUT2D eigenvalue weighted by atomic mass is 15.3. The molecule has 0 aromatic carbocycles. The normalized spacial score (nSPS) is 24.0. The van der Waals surface area contributed by atoms with Crippen molar-refractivity contribution in [1.29, 1.82) is 0 Å². The van der Waals surface area contributed by atoms with Crippen molar-refractivity contribution in [3.8, 4) is 0 Å². The molecular formula is C12H27N3. The molecule has 0 amide bonds. The van der Waals surface area contributed by atoms with Gasteiger partial charge in [0.2, 0.25) is 0 Å². The van der Waals surface area contributed by atoms with Crippen molar-refractivity contribution >= 4 is 0 Å². The predicted molar refractivity (Wildman–Crippen MR) is 66.3 cm³/mol. The average Bonchev–Trinajstić information content (AvgIpc) is 2.30. The highest BCUT2D eigenvalue weighted by molar-refractivity contribution is 4.82. The number of hydrogen-bond acceptors (Lipinski definition) is 3. The number of likely N-dealkylation sites (N-methyl/N-ethyl adjacent to an activating group) is 2. The standard InChI is InChI=1S/C12H27N3/c1-5-12(13-4)11(3)15-9-7-14(6-2)8-10-15/h11-13H,5-10H2,1-4H3. The second kappa shape index (κ2) is 6.46. The zero-order chi connectivity index (χ0) is 11.3. The Morgan fingerprint density at radius 1 is 1.13 bits per heavy atom. The highest BCUT2D eigenvalue weighted by Gasteiger charge is 2.24. The van der Waals surface area contributed by atoms with Gasteiger partial charge in [-0.3, -0.25) is 4.90 Å². The second-order valence-electron chi connectivity index (χ2n) is 4.51. The summed E-state index contributed by atoms with van der Waals surface area (Å²) >= 11 is 0. The Morgan fingerprint density at radius 2 is 1.73 bits per heavy atom. The van der Waals surface area contributed by atoms with Crippen LogP contribution in [0.25, 0.3) is 0 Å². The SMILES string of the molecule is CCC(NC)C(C)N1CCN(CC)CC1. The van der Waals surface area contributed by atoms with Crippen LogP contribution in [0.5, 0.6) is 0 Å². The Labute approximate surface area is 94.8 Å². The van der Waals surface area contributed by atoms with Gasteiger partial charge in [0.25, 0.3) is 0 Å². The van der Waals surface area contributed by atoms with E-state index in [0.29, 0.717) is 12.1 Å². The van der Waals surface area contributed by atoms with E-state index >= 15 is 0 Å². The van der Waals surface area contributed by atoms with Crippen LogP contribution in [0.1, 0.15) is 27.2 Å². The maximum atomic E-state index is 3.42. The molecule has 1 fully saturated rings. The molecule has 3 nitrogen and oxygen atoms in total. The van der Waals surface area contributed by atoms with Crippen LogP contribution in [0, 0.1) is 0 Å². The molecule has 0 aromatic rings. The Hall–Kier alpha value is -0.120. The van der Waals surface area contributed by atoms with Crippen LogP contribution in [-0.2, 0) is 0 Å². The van der Waals surface area contributed by atoms with Crippen LogP contribution in [0.15, 0.2) is 0 Å². The third kappa shape index (κ3) is 3.44. The average molecular weight is 213 g/mol. The van der Waals surface area contributed by atoms with E-state index < -0.39 is 0 Å². The van der Waals surface area contributed by atoms with Crippen molar-refractivity contribution in [2.45, 2.75) is 39.3 Å². The van der Waals surface area contributed by atoms with E-state index in [1.54, 1.807) is 0 Å². The van der Waals surface area contributed by atoms with Gasteiger partial charge in [0, 0.05) is 38.3 Å². The number of nitrogens with zero attached hydrogens (tertiary/aromatic N) is 2. The number of hydrogen-bond donors (Lipinski definition) is 1. The summed E-state index contributed by atoms with van der Waals surface area (Å²) in [6, 6.07) is 1.30. The van der Waals surface area contributed by atoms with E-state index in [9.17, 15) is 0 Å². The van der Waals surface area contributed by atoms with Crippen LogP contribution in [0.4, 0.5) is 0 Å². The fraction of sp³-hybridized carbons (Fsp3) is 1.00. The summed E-state index contributed by atoms with van der Waals surface area (Å²) < 4.78 is 0. The monoisotopic (exact) mass is 213 g/mol. The van der Waals surface area contributed by atoms with Crippen molar-refractivity contribution in [2.24, 2.45) is 0 Å². The molecule has 0 aromatic heterocycles. The van der Waals surface area contributed by atoms with Crippen molar-refractivity contribution in [3.63, 3.8) is 0 Å². The fourth-order valence-electron chi connectivity index (χ4n) is 2.53. The molecule has 1 saturated heterocycles. The van der Waals surface area contributed by atoms with Crippen LogP contribution < -0.4 is 5.32 Å². The Morgan fingerprint density at radius 3 is 2.13 bits per heavy atom. The zero-order valence-corrected chi connectivity index (χ0v) is 10.8. The van der Waals surface area contributed by atoms with Gasteiger partial charge in [0.15, 0.2) is 0 Å². The van der Waals surface area contributed by atoms with E-state index in [1.165, 1.54) is 39.1 Å². The minimum absolute atomic E-state index is 0.637. The maximum Gasteiger partial charge on any atom is 0.0221 e. The molecular weight excluding hydrogens is 186 g/mol. The third-order valence-electron chi connectivity index (χ3n) is 3.82. The first-order valence-electron chi connectivity index (χ1n) is 6.36. The molecule has 3 heteroatoms. The van der Waals surface area contributed by atoms with Crippen LogP contribution in [-0.4, -0.2) is 61.7 Å². The fourth-order valence-corrected chi connectivity index (χ4v) is 2.53. The first-order chi connectivity index (χ1) is 7.22. The molecule has 1 N–H and O–H groups in total. The molecule has 1 aliphatic rings. The summed E-state index contributed by atoms with van der Waals surface area (Å²) in [6.45, 7) is 13.0. The molecule has 2 unspecified atom stereocenters.